The molecule has 0 heterocycles. The van der Waals surface area contributed by atoms with Crippen molar-refractivity contribution in [3.05, 3.63) is 54.1 Å². The molecule has 88 valence electrons. The average Bonchev–Trinajstić information content (AvgIpc) is 2.40. The standard InChI is InChI=1S/C16H18O/c1-2-13-5-3-4-6-15(13)16(17)11-12-7-9-14(16)10-8-12/h2-7,9,12,14,17H,1,8,10-11H2/t12-,14+,16+/m1/s1. The van der Waals surface area contributed by atoms with Crippen molar-refractivity contribution >= 4 is 6.08 Å². The van der Waals surface area contributed by atoms with Gasteiger partial charge < -0.3 is 5.11 Å². The van der Waals surface area contributed by atoms with Crippen LogP contribution in [0.1, 0.15) is 30.4 Å². The third kappa shape index (κ3) is 1.57. The number of hydrogen-bond donors (Lipinski definition) is 1. The molecular weight excluding hydrogens is 208 g/mol. The molecule has 0 saturated heterocycles. The van der Waals surface area contributed by atoms with E-state index in [1.165, 1.54) is 6.42 Å². The fraction of sp³-hybridized carbons (Fsp3) is 0.375. The molecular formula is C16H18O. The molecule has 0 spiro atoms. The van der Waals surface area contributed by atoms with Crippen molar-refractivity contribution < 1.29 is 5.11 Å². The van der Waals surface area contributed by atoms with Crippen LogP contribution in [0.15, 0.2) is 43.0 Å². The Morgan fingerprint density at radius 1 is 1.24 bits per heavy atom. The molecule has 1 fully saturated rings. The molecule has 4 rings (SSSR count). The van der Waals surface area contributed by atoms with E-state index >= 15 is 0 Å². The van der Waals surface area contributed by atoms with Crippen LogP contribution in [-0.4, -0.2) is 5.11 Å². The van der Waals surface area contributed by atoms with Gasteiger partial charge in [-0.2, -0.15) is 0 Å². The molecule has 1 heteroatoms. The molecule has 0 amide bonds. The molecule has 0 radical (unpaired) electrons. The lowest BCUT2D eigenvalue weighted by Crippen LogP contribution is -2.42. The Hall–Kier alpha value is -1.34. The molecule has 1 saturated carbocycles. The minimum atomic E-state index is -0.678. The first-order valence-electron chi connectivity index (χ1n) is 6.36. The van der Waals surface area contributed by atoms with Crippen LogP contribution in [0.25, 0.3) is 6.08 Å². The maximum atomic E-state index is 11.0. The summed E-state index contributed by atoms with van der Waals surface area (Å²) in [6.45, 7) is 3.85. The molecule has 3 aliphatic rings. The highest BCUT2D eigenvalue weighted by Gasteiger charge is 2.45. The molecule has 1 aromatic carbocycles. The Labute approximate surface area is 102 Å². The lowest BCUT2D eigenvalue weighted by atomic mass is 9.63. The van der Waals surface area contributed by atoms with Gasteiger partial charge in [-0.15, -0.1) is 0 Å². The summed E-state index contributed by atoms with van der Waals surface area (Å²) in [6.07, 6.45) is 9.51. The van der Waals surface area contributed by atoms with Crippen molar-refractivity contribution in [2.24, 2.45) is 11.8 Å². The molecule has 1 nitrogen and oxygen atoms in total. The summed E-state index contributed by atoms with van der Waals surface area (Å²) in [6, 6.07) is 8.09. The van der Waals surface area contributed by atoms with Gasteiger partial charge in [0.15, 0.2) is 0 Å². The minimum Gasteiger partial charge on any atom is -0.385 e. The van der Waals surface area contributed by atoms with E-state index in [1.807, 2.05) is 30.3 Å². The van der Waals surface area contributed by atoms with Gasteiger partial charge in [-0.25, -0.2) is 0 Å². The van der Waals surface area contributed by atoms with Gasteiger partial charge in [0.05, 0.1) is 5.60 Å². The van der Waals surface area contributed by atoms with E-state index < -0.39 is 5.60 Å². The summed E-state index contributed by atoms with van der Waals surface area (Å²) in [5.74, 6) is 0.816. The molecule has 17 heavy (non-hydrogen) atoms. The summed E-state index contributed by atoms with van der Waals surface area (Å²) in [5.41, 5.74) is 1.44. The highest BCUT2D eigenvalue weighted by Crippen LogP contribution is 2.49. The van der Waals surface area contributed by atoms with Gasteiger partial charge in [0.2, 0.25) is 0 Å². The topological polar surface area (TPSA) is 20.2 Å². The molecule has 1 aromatic rings. The molecule has 0 aromatic heterocycles. The third-order valence-electron chi connectivity index (χ3n) is 4.30. The van der Waals surface area contributed by atoms with E-state index in [2.05, 4.69) is 18.7 Å². The van der Waals surface area contributed by atoms with Gasteiger partial charge in [-0.1, -0.05) is 49.1 Å². The van der Waals surface area contributed by atoms with Gasteiger partial charge >= 0.3 is 0 Å². The van der Waals surface area contributed by atoms with Gasteiger partial charge in [-0.05, 0) is 36.3 Å². The van der Waals surface area contributed by atoms with Crippen LogP contribution in [0.3, 0.4) is 0 Å². The van der Waals surface area contributed by atoms with E-state index in [1.54, 1.807) is 0 Å². The summed E-state index contributed by atoms with van der Waals surface area (Å²) in [4.78, 5) is 0. The Morgan fingerprint density at radius 3 is 2.65 bits per heavy atom. The van der Waals surface area contributed by atoms with Crippen molar-refractivity contribution in [1.29, 1.82) is 0 Å². The van der Waals surface area contributed by atoms with Crippen molar-refractivity contribution in [3.8, 4) is 0 Å². The number of aliphatic hydroxyl groups is 1. The second-order valence-corrected chi connectivity index (χ2v) is 5.25. The van der Waals surface area contributed by atoms with Crippen LogP contribution in [0.5, 0.6) is 0 Å². The monoisotopic (exact) mass is 226 g/mol. The normalized spacial score (nSPS) is 34.9. The first-order valence-corrected chi connectivity index (χ1v) is 6.36. The van der Waals surface area contributed by atoms with Crippen LogP contribution in [0.2, 0.25) is 0 Å². The number of allylic oxidation sites excluding steroid dienone is 1. The minimum absolute atomic E-state index is 0.272. The van der Waals surface area contributed by atoms with Crippen molar-refractivity contribution in [1.82, 2.24) is 0 Å². The lowest BCUT2D eigenvalue weighted by Gasteiger charge is -2.46. The highest BCUT2D eigenvalue weighted by atomic mass is 16.3. The Balaban J connectivity index is 2.09. The third-order valence-corrected chi connectivity index (χ3v) is 4.30. The second kappa shape index (κ2) is 3.85. The van der Waals surface area contributed by atoms with E-state index in [4.69, 9.17) is 0 Å². The molecule has 0 unspecified atom stereocenters. The van der Waals surface area contributed by atoms with E-state index in [0.717, 1.165) is 24.0 Å². The zero-order valence-electron chi connectivity index (χ0n) is 9.97. The lowest BCUT2D eigenvalue weighted by molar-refractivity contribution is -0.0553. The van der Waals surface area contributed by atoms with Gasteiger partial charge in [0.1, 0.15) is 0 Å². The molecule has 1 N–H and O–H groups in total. The summed E-state index contributed by atoms with van der Waals surface area (Å²) >= 11 is 0. The first-order chi connectivity index (χ1) is 8.24. The molecule has 3 atom stereocenters. The van der Waals surface area contributed by atoms with Crippen LogP contribution in [-0.2, 0) is 5.60 Å². The molecule has 3 aliphatic carbocycles. The number of fused-ring (bicyclic) bond motifs is 2. The van der Waals surface area contributed by atoms with Crippen molar-refractivity contribution in [2.75, 3.05) is 0 Å². The zero-order chi connectivity index (χ0) is 11.9. The van der Waals surface area contributed by atoms with Crippen molar-refractivity contribution in [2.45, 2.75) is 24.9 Å². The largest absolute Gasteiger partial charge is 0.385 e. The van der Waals surface area contributed by atoms with E-state index in [-0.39, 0.29) is 5.92 Å². The predicted octanol–water partition coefficient (Wildman–Crippen LogP) is 3.50. The molecule has 2 bridgehead atoms. The number of rotatable bonds is 2. The highest BCUT2D eigenvalue weighted by molar-refractivity contribution is 5.54. The maximum Gasteiger partial charge on any atom is 0.0970 e. The smallest absolute Gasteiger partial charge is 0.0970 e. The Kier molecular flexibility index (Phi) is 2.44. The fourth-order valence-electron chi connectivity index (χ4n) is 3.38. The van der Waals surface area contributed by atoms with E-state index in [9.17, 15) is 5.11 Å². The summed E-state index contributed by atoms with van der Waals surface area (Å²) in [5, 5.41) is 11.0. The zero-order valence-corrected chi connectivity index (χ0v) is 9.97. The second-order valence-electron chi connectivity index (χ2n) is 5.25. The number of benzene rings is 1. The van der Waals surface area contributed by atoms with Crippen molar-refractivity contribution in [3.63, 3.8) is 0 Å². The van der Waals surface area contributed by atoms with Crippen LogP contribution < -0.4 is 0 Å². The van der Waals surface area contributed by atoms with Gasteiger partial charge in [0.25, 0.3) is 0 Å². The Bertz CT molecular complexity index is 474. The summed E-state index contributed by atoms with van der Waals surface area (Å²) < 4.78 is 0. The average molecular weight is 226 g/mol. The quantitative estimate of drug-likeness (QED) is 0.765. The summed E-state index contributed by atoms with van der Waals surface area (Å²) in [7, 11) is 0. The van der Waals surface area contributed by atoms with Gasteiger partial charge in [0, 0.05) is 5.92 Å². The SMILES string of the molecule is C=Cc1ccccc1[C@]1(O)C[C@@H]2C=C[C@H]1CC2. The predicted molar refractivity (Wildman–Crippen MR) is 70.4 cm³/mol. The fourth-order valence-corrected chi connectivity index (χ4v) is 3.38. The van der Waals surface area contributed by atoms with Gasteiger partial charge in [-0.3, -0.25) is 0 Å². The molecule has 0 aliphatic heterocycles. The van der Waals surface area contributed by atoms with E-state index in [0.29, 0.717) is 5.92 Å². The first kappa shape index (κ1) is 10.8. The van der Waals surface area contributed by atoms with Crippen LogP contribution in [0.4, 0.5) is 0 Å². The van der Waals surface area contributed by atoms with Crippen LogP contribution >= 0.6 is 0 Å². The van der Waals surface area contributed by atoms with Crippen LogP contribution in [0, 0.1) is 11.8 Å². The number of hydrogen-bond acceptors (Lipinski definition) is 1. The Morgan fingerprint density at radius 2 is 2.06 bits per heavy atom. The maximum absolute atomic E-state index is 11.0.